The summed E-state index contributed by atoms with van der Waals surface area (Å²) in [6, 6.07) is 19.0. The fourth-order valence-corrected chi connectivity index (χ4v) is 2.65. The Hall–Kier alpha value is -3.54. The minimum Gasteiger partial charge on any atom is -0.493 e. The second-order valence-electron chi connectivity index (χ2n) is 6.20. The number of anilines is 2. The molecule has 3 aromatic rings. The van der Waals surface area contributed by atoms with E-state index in [-0.39, 0.29) is 12.5 Å². The zero-order valence-corrected chi connectivity index (χ0v) is 15.9. The van der Waals surface area contributed by atoms with Gasteiger partial charge in [-0.3, -0.25) is 4.79 Å². The lowest BCUT2D eigenvalue weighted by atomic mass is 10.1. The molecule has 2 aromatic carbocycles. The van der Waals surface area contributed by atoms with Gasteiger partial charge in [-0.2, -0.15) is 0 Å². The third-order valence-corrected chi connectivity index (χ3v) is 4.20. The number of pyridine rings is 1. The molecule has 28 heavy (non-hydrogen) atoms. The van der Waals surface area contributed by atoms with E-state index >= 15 is 0 Å². The summed E-state index contributed by atoms with van der Waals surface area (Å²) in [5.74, 6) is 1.58. The number of amides is 1. The number of rotatable bonds is 8. The maximum atomic E-state index is 12.1. The Bertz CT molecular complexity index is 926. The molecule has 0 atom stereocenters. The van der Waals surface area contributed by atoms with Gasteiger partial charge >= 0.3 is 0 Å². The molecule has 6 heteroatoms. The largest absolute Gasteiger partial charge is 0.493 e. The molecule has 1 heterocycles. The van der Waals surface area contributed by atoms with Crippen molar-refractivity contribution in [3.63, 3.8) is 0 Å². The molecule has 144 valence electrons. The van der Waals surface area contributed by atoms with E-state index in [9.17, 15) is 4.79 Å². The van der Waals surface area contributed by atoms with Crippen LogP contribution in [0.1, 0.15) is 11.1 Å². The van der Waals surface area contributed by atoms with Crippen LogP contribution in [0.15, 0.2) is 66.9 Å². The van der Waals surface area contributed by atoms with E-state index < -0.39 is 0 Å². The Morgan fingerprint density at radius 3 is 2.46 bits per heavy atom. The van der Waals surface area contributed by atoms with Crippen molar-refractivity contribution in [2.24, 2.45) is 0 Å². The summed E-state index contributed by atoms with van der Waals surface area (Å²) in [7, 11) is 1.56. The zero-order valence-electron chi connectivity index (χ0n) is 15.9. The van der Waals surface area contributed by atoms with Crippen LogP contribution < -0.4 is 20.1 Å². The predicted octanol–water partition coefficient (Wildman–Crippen LogP) is 4.03. The summed E-state index contributed by atoms with van der Waals surface area (Å²) in [6.45, 7) is 2.65. The van der Waals surface area contributed by atoms with E-state index in [2.05, 4.69) is 34.7 Å². The molecule has 1 aromatic heterocycles. The van der Waals surface area contributed by atoms with Gasteiger partial charge in [0.2, 0.25) is 0 Å². The smallest absolute Gasteiger partial charge is 0.262 e. The van der Waals surface area contributed by atoms with Crippen molar-refractivity contribution in [1.29, 1.82) is 0 Å². The van der Waals surface area contributed by atoms with Gasteiger partial charge in [0.15, 0.2) is 18.1 Å². The number of para-hydroxylation sites is 2. The third-order valence-electron chi connectivity index (χ3n) is 4.20. The Morgan fingerprint density at radius 2 is 1.75 bits per heavy atom. The average molecular weight is 377 g/mol. The molecule has 0 aliphatic carbocycles. The van der Waals surface area contributed by atoms with Crippen molar-refractivity contribution in [3.8, 4) is 11.5 Å². The first-order chi connectivity index (χ1) is 13.7. The van der Waals surface area contributed by atoms with E-state index in [1.54, 1.807) is 31.5 Å². The maximum absolute atomic E-state index is 12.1. The van der Waals surface area contributed by atoms with Crippen LogP contribution in [0.25, 0.3) is 0 Å². The molecule has 0 aliphatic heterocycles. The minimum atomic E-state index is -0.270. The summed E-state index contributed by atoms with van der Waals surface area (Å²) in [6.07, 6.45) is 1.61. The first kappa shape index (κ1) is 19.2. The van der Waals surface area contributed by atoms with Crippen molar-refractivity contribution >= 4 is 17.4 Å². The Balaban J connectivity index is 1.49. The molecular formula is C22H23N3O3. The average Bonchev–Trinajstić information content (AvgIpc) is 2.73. The van der Waals surface area contributed by atoms with Crippen LogP contribution in [0, 0.1) is 6.92 Å². The standard InChI is InChI=1S/C22H23N3O3/c1-16-7-3-4-8-17(16)13-23-21-12-11-18(14-24-21)25-22(26)15-28-20-10-6-5-9-19(20)27-2/h3-12,14H,13,15H2,1-2H3,(H,23,24)(H,25,26). The van der Waals surface area contributed by atoms with Crippen molar-refractivity contribution in [2.75, 3.05) is 24.4 Å². The predicted molar refractivity (Wildman–Crippen MR) is 110 cm³/mol. The van der Waals surface area contributed by atoms with Gasteiger partial charge in [-0.15, -0.1) is 0 Å². The summed E-state index contributed by atoms with van der Waals surface area (Å²) >= 11 is 0. The third kappa shape index (κ3) is 5.23. The highest BCUT2D eigenvalue weighted by molar-refractivity contribution is 5.91. The number of hydrogen-bond donors (Lipinski definition) is 2. The number of nitrogens with zero attached hydrogens (tertiary/aromatic N) is 1. The Morgan fingerprint density at radius 1 is 1.00 bits per heavy atom. The molecule has 3 rings (SSSR count). The summed E-state index contributed by atoms with van der Waals surface area (Å²) in [5.41, 5.74) is 3.05. The van der Waals surface area contributed by atoms with Crippen molar-refractivity contribution in [1.82, 2.24) is 4.98 Å². The molecule has 2 N–H and O–H groups in total. The molecule has 0 aliphatic rings. The number of nitrogens with one attached hydrogen (secondary N) is 2. The lowest BCUT2D eigenvalue weighted by Gasteiger charge is -2.11. The molecule has 0 spiro atoms. The SMILES string of the molecule is COc1ccccc1OCC(=O)Nc1ccc(NCc2ccccc2C)nc1. The number of ether oxygens (including phenoxy) is 2. The van der Waals surface area contributed by atoms with E-state index in [0.29, 0.717) is 23.7 Å². The lowest BCUT2D eigenvalue weighted by molar-refractivity contribution is -0.118. The van der Waals surface area contributed by atoms with Gasteiger partial charge in [0.1, 0.15) is 5.82 Å². The summed E-state index contributed by atoms with van der Waals surface area (Å²) in [4.78, 5) is 16.4. The number of benzene rings is 2. The normalized spacial score (nSPS) is 10.2. The number of methoxy groups -OCH3 is 1. The first-order valence-corrected chi connectivity index (χ1v) is 8.96. The van der Waals surface area contributed by atoms with Crippen molar-refractivity contribution in [3.05, 3.63) is 78.0 Å². The lowest BCUT2D eigenvalue weighted by Crippen LogP contribution is -2.20. The molecule has 0 saturated heterocycles. The van der Waals surface area contributed by atoms with Gasteiger partial charge in [-0.1, -0.05) is 36.4 Å². The molecule has 1 amide bonds. The maximum Gasteiger partial charge on any atom is 0.262 e. The van der Waals surface area contributed by atoms with Crippen LogP contribution in [0.2, 0.25) is 0 Å². The second-order valence-corrected chi connectivity index (χ2v) is 6.20. The van der Waals surface area contributed by atoms with Crippen molar-refractivity contribution in [2.45, 2.75) is 13.5 Å². The first-order valence-electron chi connectivity index (χ1n) is 8.96. The minimum absolute atomic E-state index is 0.117. The van der Waals surface area contributed by atoms with Crippen LogP contribution in [0.4, 0.5) is 11.5 Å². The highest BCUT2D eigenvalue weighted by Gasteiger charge is 2.07. The number of carbonyl (C=O) groups excluding carboxylic acids is 1. The van der Waals surface area contributed by atoms with Crippen LogP contribution in [-0.4, -0.2) is 24.6 Å². The zero-order chi connectivity index (χ0) is 19.8. The molecule has 0 radical (unpaired) electrons. The van der Waals surface area contributed by atoms with Crippen LogP contribution >= 0.6 is 0 Å². The fraction of sp³-hybridized carbons (Fsp3) is 0.182. The highest BCUT2D eigenvalue weighted by atomic mass is 16.5. The highest BCUT2D eigenvalue weighted by Crippen LogP contribution is 2.25. The van der Waals surface area contributed by atoms with Crippen molar-refractivity contribution < 1.29 is 14.3 Å². The van der Waals surface area contributed by atoms with Gasteiger partial charge < -0.3 is 20.1 Å². The molecule has 0 unspecified atom stereocenters. The molecule has 0 fully saturated rings. The van der Waals surface area contributed by atoms with Gasteiger partial charge in [0.05, 0.1) is 19.0 Å². The number of aromatic nitrogens is 1. The second kappa shape index (κ2) is 9.41. The van der Waals surface area contributed by atoms with Crippen LogP contribution in [0.5, 0.6) is 11.5 Å². The topological polar surface area (TPSA) is 72.5 Å². The van der Waals surface area contributed by atoms with Crippen LogP contribution in [0.3, 0.4) is 0 Å². The molecule has 0 bridgehead atoms. The molecule has 0 saturated carbocycles. The van der Waals surface area contributed by atoms with E-state index in [4.69, 9.17) is 9.47 Å². The number of hydrogen-bond acceptors (Lipinski definition) is 5. The van der Waals surface area contributed by atoms with Crippen LogP contribution in [-0.2, 0) is 11.3 Å². The van der Waals surface area contributed by atoms with E-state index in [1.165, 1.54) is 11.1 Å². The Labute approximate surface area is 164 Å². The Kier molecular flexibility index (Phi) is 6.46. The monoisotopic (exact) mass is 377 g/mol. The number of carbonyl (C=O) groups is 1. The van der Waals surface area contributed by atoms with E-state index in [0.717, 1.165) is 5.82 Å². The molecular weight excluding hydrogens is 354 g/mol. The summed E-state index contributed by atoms with van der Waals surface area (Å²) in [5, 5.41) is 6.04. The van der Waals surface area contributed by atoms with Gasteiger partial charge in [0.25, 0.3) is 5.91 Å². The number of aryl methyl sites for hydroxylation is 1. The molecule has 6 nitrogen and oxygen atoms in total. The summed E-state index contributed by atoms with van der Waals surface area (Å²) < 4.78 is 10.7. The van der Waals surface area contributed by atoms with Gasteiger partial charge in [-0.05, 0) is 42.3 Å². The van der Waals surface area contributed by atoms with E-state index in [1.807, 2.05) is 30.3 Å². The van der Waals surface area contributed by atoms with Gasteiger partial charge in [-0.25, -0.2) is 4.98 Å². The quantitative estimate of drug-likeness (QED) is 0.620. The fourth-order valence-electron chi connectivity index (χ4n) is 2.65. The van der Waals surface area contributed by atoms with Gasteiger partial charge in [0, 0.05) is 6.54 Å².